The van der Waals surface area contributed by atoms with E-state index in [2.05, 4.69) is 11.6 Å². The zero-order chi connectivity index (χ0) is 30.3. The van der Waals surface area contributed by atoms with Gasteiger partial charge in [0.25, 0.3) is 0 Å². The minimum Gasteiger partial charge on any atom is -0.507 e. The lowest BCUT2D eigenvalue weighted by Crippen LogP contribution is -2.60. The Kier molecular flexibility index (Phi) is 8.23. The Hall–Kier alpha value is -3.99. The summed E-state index contributed by atoms with van der Waals surface area (Å²) in [5.41, 5.74) is 1.47. The van der Waals surface area contributed by atoms with Crippen LogP contribution in [0.4, 0.5) is 20.3 Å². The number of anilines is 2. The summed E-state index contributed by atoms with van der Waals surface area (Å²) in [6.07, 6.45) is 5.05. The molecule has 0 bridgehead atoms. The molecule has 11 heteroatoms. The molecule has 2 aromatic heterocycles. The number of phenols is 1. The molecule has 4 heterocycles. The van der Waals surface area contributed by atoms with Crippen molar-refractivity contribution < 1.29 is 18.7 Å². The van der Waals surface area contributed by atoms with Gasteiger partial charge in [-0.3, -0.25) is 9.78 Å². The Labute approximate surface area is 248 Å². The number of phenolic OH excluding ortho intramolecular Hbond substituents is 1. The van der Waals surface area contributed by atoms with Crippen LogP contribution < -0.4 is 4.90 Å². The number of carbonyl (C=O) groups excluding carboxylic acids is 1. The van der Waals surface area contributed by atoms with Crippen LogP contribution in [0.5, 0.6) is 5.75 Å². The van der Waals surface area contributed by atoms with Crippen LogP contribution >= 0.6 is 11.8 Å². The molecular weight excluding hydrogens is 558 g/mol. The highest BCUT2D eigenvalue weighted by Crippen LogP contribution is 2.43. The molecule has 2 atom stereocenters. The lowest BCUT2D eigenvalue weighted by molar-refractivity contribution is -0.132. The smallest absolute Gasteiger partial charge is 0.246 e. The number of rotatable bonds is 5. The lowest BCUT2D eigenvalue weighted by Gasteiger charge is -2.46. The monoisotopic (exact) mass is 592 g/mol. The summed E-state index contributed by atoms with van der Waals surface area (Å²) in [7, 11) is 0. The Morgan fingerprint density at radius 2 is 1.88 bits per heavy atom. The summed E-state index contributed by atoms with van der Waals surface area (Å²) in [5, 5.41) is 10.5. The van der Waals surface area contributed by atoms with Crippen molar-refractivity contribution in [3.63, 3.8) is 0 Å². The van der Waals surface area contributed by atoms with Gasteiger partial charge in [-0.2, -0.15) is 0 Å². The third-order valence-corrected chi connectivity index (χ3v) is 8.41. The van der Waals surface area contributed by atoms with E-state index in [9.17, 15) is 14.3 Å². The van der Waals surface area contributed by atoms with Gasteiger partial charge in [-0.1, -0.05) is 26.5 Å². The quantitative estimate of drug-likeness (QED) is 0.290. The molecule has 1 saturated heterocycles. The van der Waals surface area contributed by atoms with Crippen molar-refractivity contribution >= 4 is 35.0 Å². The molecule has 2 aliphatic rings. The SMILES string of the molecule is C=CC(=O)N1[C@H](C)CN(C2=NCN(c3c(SC)ccnc3C(C)C)c3nc(-c4c(O)cccc4F)c(F)cc32)C[C@@H]1C. The fourth-order valence-corrected chi connectivity index (χ4v) is 6.46. The van der Waals surface area contributed by atoms with Crippen LogP contribution in [0.1, 0.15) is 44.9 Å². The van der Waals surface area contributed by atoms with E-state index in [1.165, 1.54) is 24.3 Å². The standard InChI is InChI=1S/C31H34F2N6O2S/c1-7-25(41)39-18(4)14-37(15-19(39)5)30-20-13-22(33)28(26-21(32)9-8-10-23(26)40)36-31(20)38(16-35-30)29-24(42-6)11-12-34-27(29)17(2)3/h7-13,17-19,40H,1,14-16H2,2-6H3/t18-,19+. The summed E-state index contributed by atoms with van der Waals surface area (Å²) in [6.45, 7) is 12.7. The molecule has 3 aromatic rings. The summed E-state index contributed by atoms with van der Waals surface area (Å²) < 4.78 is 30.9. The van der Waals surface area contributed by atoms with Crippen molar-refractivity contribution in [3.8, 4) is 17.0 Å². The first kappa shape index (κ1) is 29.5. The van der Waals surface area contributed by atoms with Crippen molar-refractivity contribution in [1.82, 2.24) is 19.8 Å². The van der Waals surface area contributed by atoms with Gasteiger partial charge in [0.2, 0.25) is 5.91 Å². The predicted molar refractivity (Wildman–Crippen MR) is 162 cm³/mol. The molecule has 0 aliphatic carbocycles. The number of aromatic nitrogens is 2. The van der Waals surface area contributed by atoms with E-state index < -0.39 is 17.4 Å². The number of hydrogen-bond acceptors (Lipinski definition) is 8. The van der Waals surface area contributed by atoms with Gasteiger partial charge in [-0.25, -0.2) is 18.8 Å². The first-order valence-electron chi connectivity index (χ1n) is 13.8. The van der Waals surface area contributed by atoms with E-state index in [0.29, 0.717) is 30.3 Å². The number of halogens is 2. The molecule has 0 unspecified atom stereocenters. The maximum Gasteiger partial charge on any atom is 0.246 e. The normalized spacial score (nSPS) is 18.7. The minimum absolute atomic E-state index is 0.0635. The number of hydrogen-bond donors (Lipinski definition) is 1. The van der Waals surface area contributed by atoms with Crippen molar-refractivity contribution in [1.29, 1.82) is 0 Å². The van der Waals surface area contributed by atoms with Gasteiger partial charge in [0.05, 0.1) is 22.5 Å². The second-order valence-corrected chi connectivity index (χ2v) is 11.7. The number of benzene rings is 1. The van der Waals surface area contributed by atoms with E-state index in [0.717, 1.165) is 22.3 Å². The Morgan fingerprint density at radius 3 is 2.50 bits per heavy atom. The number of aromatic hydroxyl groups is 1. The van der Waals surface area contributed by atoms with Gasteiger partial charge in [0.1, 0.15) is 35.6 Å². The number of fused-ring (bicyclic) bond motifs is 1. The van der Waals surface area contributed by atoms with Crippen LogP contribution in [0, 0.1) is 11.6 Å². The molecule has 1 N–H and O–H groups in total. The molecule has 5 rings (SSSR count). The summed E-state index contributed by atoms with van der Waals surface area (Å²) in [4.78, 5) is 33.5. The van der Waals surface area contributed by atoms with Gasteiger partial charge < -0.3 is 19.8 Å². The highest BCUT2D eigenvalue weighted by molar-refractivity contribution is 7.98. The van der Waals surface area contributed by atoms with Crippen LogP contribution in [0.3, 0.4) is 0 Å². The molecule has 220 valence electrons. The molecule has 42 heavy (non-hydrogen) atoms. The topological polar surface area (TPSA) is 85.2 Å². The molecule has 2 aliphatic heterocycles. The first-order valence-corrected chi connectivity index (χ1v) is 15.0. The lowest BCUT2D eigenvalue weighted by atomic mass is 10.0. The van der Waals surface area contributed by atoms with Crippen LogP contribution in [0.15, 0.2) is 59.1 Å². The Morgan fingerprint density at radius 1 is 1.17 bits per heavy atom. The average Bonchev–Trinajstić information content (AvgIpc) is 2.95. The number of amidine groups is 1. The molecule has 1 fully saturated rings. The highest BCUT2D eigenvalue weighted by Gasteiger charge is 2.37. The number of amides is 1. The second kappa shape index (κ2) is 11.7. The van der Waals surface area contributed by atoms with E-state index in [4.69, 9.17) is 9.98 Å². The van der Waals surface area contributed by atoms with Crippen molar-refractivity contribution in [2.45, 2.75) is 50.6 Å². The molecule has 8 nitrogen and oxygen atoms in total. The number of nitrogens with zero attached hydrogens (tertiary/aromatic N) is 6. The average molecular weight is 593 g/mol. The third-order valence-electron chi connectivity index (χ3n) is 7.64. The van der Waals surface area contributed by atoms with Gasteiger partial charge in [-0.05, 0) is 56.4 Å². The number of piperazine rings is 1. The van der Waals surface area contributed by atoms with Crippen molar-refractivity contribution in [2.75, 3.05) is 30.9 Å². The fraction of sp³-hybridized carbons (Fsp3) is 0.355. The van der Waals surface area contributed by atoms with E-state index in [1.54, 1.807) is 22.9 Å². The number of aliphatic imine (C=N–C) groups is 1. The Bertz CT molecular complexity index is 1550. The molecule has 0 saturated carbocycles. The maximum absolute atomic E-state index is 15.9. The fourth-order valence-electron chi connectivity index (χ4n) is 5.85. The number of pyridine rings is 2. The summed E-state index contributed by atoms with van der Waals surface area (Å²) in [6, 6.07) is 6.76. The van der Waals surface area contributed by atoms with Gasteiger partial charge in [-0.15, -0.1) is 11.8 Å². The first-order chi connectivity index (χ1) is 20.1. The van der Waals surface area contributed by atoms with E-state index in [1.807, 2.05) is 49.8 Å². The molecule has 1 aromatic carbocycles. The number of thioether (sulfide) groups is 1. The Balaban J connectivity index is 1.70. The molecular formula is C31H34F2N6O2S. The van der Waals surface area contributed by atoms with E-state index >= 15 is 4.39 Å². The second-order valence-electron chi connectivity index (χ2n) is 10.8. The van der Waals surface area contributed by atoms with Gasteiger partial charge in [0.15, 0.2) is 5.82 Å². The van der Waals surface area contributed by atoms with Gasteiger partial charge >= 0.3 is 0 Å². The molecule has 0 radical (unpaired) electrons. The zero-order valence-corrected chi connectivity index (χ0v) is 25.1. The summed E-state index contributed by atoms with van der Waals surface area (Å²) in [5.74, 6) is -1.12. The maximum atomic E-state index is 15.9. The third kappa shape index (κ3) is 5.10. The van der Waals surface area contributed by atoms with Gasteiger partial charge in [0, 0.05) is 36.3 Å². The largest absolute Gasteiger partial charge is 0.507 e. The predicted octanol–water partition coefficient (Wildman–Crippen LogP) is 5.94. The molecule has 0 spiro atoms. The van der Waals surface area contributed by atoms with Crippen LogP contribution in [0.2, 0.25) is 0 Å². The van der Waals surface area contributed by atoms with Crippen LogP contribution in [-0.2, 0) is 4.79 Å². The zero-order valence-electron chi connectivity index (χ0n) is 24.3. The number of carbonyl (C=O) groups is 1. The highest BCUT2D eigenvalue weighted by atomic mass is 32.2. The van der Waals surface area contributed by atoms with Crippen molar-refractivity contribution in [2.24, 2.45) is 4.99 Å². The van der Waals surface area contributed by atoms with Crippen LogP contribution in [-0.4, -0.2) is 74.7 Å². The summed E-state index contributed by atoms with van der Waals surface area (Å²) >= 11 is 1.55. The van der Waals surface area contributed by atoms with Crippen LogP contribution in [0.25, 0.3) is 11.3 Å². The molecule has 1 amide bonds. The van der Waals surface area contributed by atoms with Crippen molar-refractivity contribution in [3.05, 3.63) is 72.1 Å². The minimum atomic E-state index is -0.786. The van der Waals surface area contributed by atoms with E-state index in [-0.39, 0.29) is 41.8 Å².